The molecular formula is C50H30N4O. The van der Waals surface area contributed by atoms with Crippen LogP contribution in [0.2, 0.25) is 0 Å². The summed E-state index contributed by atoms with van der Waals surface area (Å²) in [6.07, 6.45) is 0. The van der Waals surface area contributed by atoms with Crippen molar-refractivity contribution in [3.8, 4) is 56.4 Å². The van der Waals surface area contributed by atoms with Gasteiger partial charge in [0.2, 0.25) is 0 Å². The molecule has 3 heterocycles. The van der Waals surface area contributed by atoms with E-state index in [0.717, 1.165) is 71.9 Å². The van der Waals surface area contributed by atoms with Crippen molar-refractivity contribution in [2.45, 2.75) is 0 Å². The normalized spacial score (nSPS) is 11.6. The summed E-state index contributed by atoms with van der Waals surface area (Å²) in [4.78, 5) is 20.5. The van der Waals surface area contributed by atoms with Crippen molar-refractivity contribution >= 4 is 54.5 Å². The average molecular weight is 703 g/mol. The highest BCUT2D eigenvalue weighted by molar-refractivity contribution is 6.17. The highest BCUT2D eigenvalue weighted by atomic mass is 16.3. The van der Waals surface area contributed by atoms with Gasteiger partial charge in [0.05, 0.1) is 5.52 Å². The van der Waals surface area contributed by atoms with Crippen LogP contribution in [0.3, 0.4) is 0 Å². The molecular weight excluding hydrogens is 673 g/mol. The molecule has 8 aromatic carbocycles. The van der Waals surface area contributed by atoms with E-state index in [9.17, 15) is 0 Å². The van der Waals surface area contributed by atoms with Gasteiger partial charge in [-0.1, -0.05) is 140 Å². The minimum Gasteiger partial charge on any atom is -0.454 e. The minimum absolute atomic E-state index is 0.583. The number of fused-ring (bicyclic) bond motifs is 7. The number of furan rings is 1. The second-order valence-electron chi connectivity index (χ2n) is 13.8. The molecule has 0 aliphatic carbocycles. The Balaban J connectivity index is 1.26. The van der Waals surface area contributed by atoms with Crippen LogP contribution in [-0.4, -0.2) is 19.9 Å². The maximum absolute atomic E-state index is 6.72. The van der Waals surface area contributed by atoms with Gasteiger partial charge in [-0.05, 0) is 80.7 Å². The molecule has 0 spiro atoms. The van der Waals surface area contributed by atoms with Gasteiger partial charge >= 0.3 is 0 Å². The van der Waals surface area contributed by atoms with Crippen LogP contribution in [-0.2, 0) is 0 Å². The first-order chi connectivity index (χ1) is 27.2. The van der Waals surface area contributed by atoms with Crippen LogP contribution < -0.4 is 0 Å². The number of rotatable bonds is 5. The minimum atomic E-state index is 0.583. The number of benzene rings is 8. The Morgan fingerprint density at radius 3 is 1.60 bits per heavy atom. The van der Waals surface area contributed by atoms with E-state index in [1.165, 1.54) is 21.5 Å². The van der Waals surface area contributed by atoms with E-state index in [4.69, 9.17) is 24.4 Å². The smallest absolute Gasteiger partial charge is 0.164 e. The lowest BCUT2D eigenvalue weighted by Gasteiger charge is -2.16. The zero-order valence-electron chi connectivity index (χ0n) is 29.5. The number of hydrogen-bond donors (Lipinski definition) is 0. The van der Waals surface area contributed by atoms with Crippen molar-refractivity contribution < 1.29 is 4.42 Å². The molecule has 5 heteroatoms. The van der Waals surface area contributed by atoms with Gasteiger partial charge in [-0.25, -0.2) is 19.9 Å². The Bertz CT molecular complexity index is 3210. The van der Waals surface area contributed by atoms with Crippen LogP contribution >= 0.6 is 0 Å². The zero-order valence-corrected chi connectivity index (χ0v) is 29.5. The average Bonchev–Trinajstić information content (AvgIpc) is 3.63. The predicted octanol–water partition coefficient (Wildman–Crippen LogP) is 13.0. The maximum Gasteiger partial charge on any atom is 0.164 e. The maximum atomic E-state index is 6.72. The van der Waals surface area contributed by atoms with E-state index < -0.39 is 0 Å². The SMILES string of the molecule is c1ccc(-c2nc(-c3ccccc3)nc(-c3cc(-c4cc5ccccc5c5ccccc45)cc(-c4c5ccccc5nc5c4oc4ccccc45)c3)n2)cc1. The molecule has 0 aliphatic heterocycles. The van der Waals surface area contributed by atoms with E-state index in [1.54, 1.807) is 0 Å². The fourth-order valence-electron chi connectivity index (χ4n) is 7.91. The summed E-state index contributed by atoms with van der Waals surface area (Å²) in [6.45, 7) is 0. The number of nitrogens with zero attached hydrogens (tertiary/aromatic N) is 4. The first kappa shape index (κ1) is 31.1. The van der Waals surface area contributed by atoms with Crippen molar-refractivity contribution in [2.24, 2.45) is 0 Å². The van der Waals surface area contributed by atoms with Crippen LogP contribution in [0, 0.1) is 0 Å². The van der Waals surface area contributed by atoms with Gasteiger partial charge in [0.15, 0.2) is 23.1 Å². The van der Waals surface area contributed by atoms with Gasteiger partial charge in [0, 0.05) is 33.0 Å². The monoisotopic (exact) mass is 702 g/mol. The molecule has 5 nitrogen and oxygen atoms in total. The molecule has 3 aromatic heterocycles. The molecule has 11 aromatic rings. The lowest BCUT2D eigenvalue weighted by molar-refractivity contribution is 0.670. The highest BCUT2D eigenvalue weighted by Gasteiger charge is 2.21. The second kappa shape index (κ2) is 12.6. The Hall–Kier alpha value is -7.50. The Labute approximate surface area is 316 Å². The molecule has 0 unspecified atom stereocenters. The van der Waals surface area contributed by atoms with Gasteiger partial charge in [0.1, 0.15) is 11.1 Å². The van der Waals surface area contributed by atoms with Crippen molar-refractivity contribution in [3.05, 3.63) is 182 Å². The summed E-state index contributed by atoms with van der Waals surface area (Å²) in [5.74, 6) is 1.81. The predicted molar refractivity (Wildman–Crippen MR) is 225 cm³/mol. The van der Waals surface area contributed by atoms with Gasteiger partial charge < -0.3 is 4.42 Å². The van der Waals surface area contributed by atoms with Crippen LogP contribution in [0.15, 0.2) is 186 Å². The van der Waals surface area contributed by atoms with Crippen molar-refractivity contribution in [1.82, 2.24) is 19.9 Å². The molecule has 0 atom stereocenters. The summed E-state index contributed by atoms with van der Waals surface area (Å²) in [5.41, 5.74) is 10.1. The first-order valence-electron chi connectivity index (χ1n) is 18.4. The number of para-hydroxylation sites is 2. The molecule has 55 heavy (non-hydrogen) atoms. The van der Waals surface area contributed by atoms with E-state index >= 15 is 0 Å². The molecule has 11 rings (SSSR count). The summed E-state index contributed by atoms with van der Waals surface area (Å²) in [5, 5.41) is 6.76. The molecule has 0 saturated heterocycles. The van der Waals surface area contributed by atoms with E-state index in [2.05, 4.69) is 97.1 Å². The number of aromatic nitrogens is 4. The van der Waals surface area contributed by atoms with Gasteiger partial charge in [-0.15, -0.1) is 0 Å². The molecule has 0 N–H and O–H groups in total. The van der Waals surface area contributed by atoms with Crippen molar-refractivity contribution in [3.63, 3.8) is 0 Å². The van der Waals surface area contributed by atoms with Crippen LogP contribution in [0.1, 0.15) is 0 Å². The molecule has 256 valence electrons. The van der Waals surface area contributed by atoms with E-state index in [-0.39, 0.29) is 0 Å². The quantitative estimate of drug-likeness (QED) is 0.167. The van der Waals surface area contributed by atoms with Crippen LogP contribution in [0.25, 0.3) is 111 Å². The molecule has 0 fully saturated rings. The largest absolute Gasteiger partial charge is 0.454 e. The third kappa shape index (κ3) is 5.24. The Morgan fingerprint density at radius 1 is 0.345 bits per heavy atom. The highest BCUT2D eigenvalue weighted by Crippen LogP contribution is 2.43. The van der Waals surface area contributed by atoms with Crippen molar-refractivity contribution in [2.75, 3.05) is 0 Å². The topological polar surface area (TPSA) is 64.7 Å². The standard InChI is InChI=1S/C50H30N4O/c1-3-15-31(16-4-1)48-52-49(32-17-5-2-6-18-32)54-50(53-48)36-28-34(42-30-33-19-7-8-20-37(33)38-21-9-10-22-39(38)42)27-35(29-36)45-40-23-11-13-25-43(40)51-46-41-24-12-14-26-44(41)55-47(45)46/h1-30H. The molecule has 0 aliphatic rings. The summed E-state index contributed by atoms with van der Waals surface area (Å²) in [6, 6.07) is 62.9. The third-order valence-corrected chi connectivity index (χ3v) is 10.5. The molecule has 0 radical (unpaired) electrons. The fourth-order valence-corrected chi connectivity index (χ4v) is 7.91. The van der Waals surface area contributed by atoms with Crippen LogP contribution in [0.5, 0.6) is 0 Å². The number of pyridine rings is 1. The van der Waals surface area contributed by atoms with E-state index in [1.807, 2.05) is 84.9 Å². The molecule has 0 bridgehead atoms. The zero-order chi connectivity index (χ0) is 36.3. The lowest BCUT2D eigenvalue weighted by atomic mass is 9.89. The lowest BCUT2D eigenvalue weighted by Crippen LogP contribution is -2.00. The van der Waals surface area contributed by atoms with Gasteiger partial charge in [-0.2, -0.15) is 0 Å². The fraction of sp³-hybridized carbons (Fsp3) is 0. The summed E-state index contributed by atoms with van der Waals surface area (Å²) < 4.78 is 6.72. The Kier molecular flexibility index (Phi) is 7.10. The molecule has 0 amide bonds. The summed E-state index contributed by atoms with van der Waals surface area (Å²) >= 11 is 0. The first-order valence-corrected chi connectivity index (χ1v) is 18.4. The van der Waals surface area contributed by atoms with Gasteiger partial charge in [0.25, 0.3) is 0 Å². The second-order valence-corrected chi connectivity index (χ2v) is 13.8. The number of hydrogen-bond acceptors (Lipinski definition) is 5. The summed E-state index contributed by atoms with van der Waals surface area (Å²) in [7, 11) is 0. The third-order valence-electron chi connectivity index (χ3n) is 10.5. The molecule has 0 saturated carbocycles. The van der Waals surface area contributed by atoms with Crippen molar-refractivity contribution in [1.29, 1.82) is 0 Å². The van der Waals surface area contributed by atoms with Crippen LogP contribution in [0.4, 0.5) is 0 Å². The van der Waals surface area contributed by atoms with E-state index in [0.29, 0.717) is 17.5 Å². The van der Waals surface area contributed by atoms with Gasteiger partial charge in [-0.3, -0.25) is 0 Å². The Morgan fingerprint density at radius 2 is 0.873 bits per heavy atom.